The number of hydrogen-bond donors (Lipinski definition) is 2. The summed E-state index contributed by atoms with van der Waals surface area (Å²) in [6.45, 7) is 2.58. The molecule has 3 heteroatoms. The van der Waals surface area contributed by atoms with Crippen LogP contribution < -0.4 is 10.1 Å². The van der Waals surface area contributed by atoms with Crippen molar-refractivity contribution in [2.24, 2.45) is 5.92 Å². The molecule has 1 fully saturated rings. The van der Waals surface area contributed by atoms with Gasteiger partial charge in [-0.25, -0.2) is 0 Å². The van der Waals surface area contributed by atoms with Crippen LogP contribution in [0.5, 0.6) is 5.75 Å². The summed E-state index contributed by atoms with van der Waals surface area (Å²) >= 11 is 0. The van der Waals surface area contributed by atoms with Gasteiger partial charge in [0.25, 0.3) is 0 Å². The minimum absolute atomic E-state index is 0.344. The molecule has 1 saturated carbocycles. The van der Waals surface area contributed by atoms with Crippen molar-refractivity contribution in [2.45, 2.75) is 44.7 Å². The molecule has 3 rings (SSSR count). The summed E-state index contributed by atoms with van der Waals surface area (Å²) in [6, 6.07) is 13.8. The van der Waals surface area contributed by atoms with E-state index < -0.39 is 0 Å². The molecule has 0 saturated heterocycles. The van der Waals surface area contributed by atoms with E-state index in [1.165, 1.54) is 29.2 Å². The Morgan fingerprint density at radius 3 is 2.48 bits per heavy atom. The Morgan fingerprint density at radius 1 is 1.09 bits per heavy atom. The number of ether oxygens (including phenoxy) is 1. The van der Waals surface area contributed by atoms with E-state index in [9.17, 15) is 5.11 Å². The maximum atomic E-state index is 9.25. The Morgan fingerprint density at radius 2 is 1.78 bits per heavy atom. The summed E-state index contributed by atoms with van der Waals surface area (Å²) < 4.78 is 5.29. The first-order valence-electron chi connectivity index (χ1n) is 8.64. The van der Waals surface area contributed by atoms with Crippen molar-refractivity contribution in [1.82, 2.24) is 5.32 Å². The van der Waals surface area contributed by atoms with E-state index in [1.54, 1.807) is 7.11 Å². The van der Waals surface area contributed by atoms with Crippen molar-refractivity contribution in [2.75, 3.05) is 13.7 Å². The molecule has 0 aromatic heterocycles. The highest BCUT2D eigenvalue weighted by Crippen LogP contribution is 2.28. The number of hydrogen-bond acceptors (Lipinski definition) is 3. The topological polar surface area (TPSA) is 41.5 Å². The zero-order chi connectivity index (χ0) is 16.2. The second-order valence-electron chi connectivity index (χ2n) is 6.76. The van der Waals surface area contributed by atoms with Crippen molar-refractivity contribution >= 4 is 10.8 Å². The molecule has 23 heavy (non-hydrogen) atoms. The number of fused-ring (bicyclic) bond motifs is 1. The maximum absolute atomic E-state index is 9.25. The Labute approximate surface area is 138 Å². The van der Waals surface area contributed by atoms with Gasteiger partial charge in [-0.15, -0.1) is 0 Å². The summed E-state index contributed by atoms with van der Waals surface area (Å²) in [5, 5.41) is 15.5. The molecule has 1 aliphatic rings. The van der Waals surface area contributed by atoms with Gasteiger partial charge in [0.05, 0.1) is 7.11 Å². The first kappa shape index (κ1) is 16.3. The first-order chi connectivity index (χ1) is 11.2. The quantitative estimate of drug-likeness (QED) is 0.875. The molecule has 0 aliphatic heterocycles. The lowest BCUT2D eigenvalue weighted by Crippen LogP contribution is -2.35. The van der Waals surface area contributed by atoms with Crippen molar-refractivity contribution < 1.29 is 9.84 Å². The third-order valence-electron chi connectivity index (χ3n) is 5.16. The summed E-state index contributed by atoms with van der Waals surface area (Å²) in [7, 11) is 1.70. The molecule has 0 spiro atoms. The Hall–Kier alpha value is -1.58. The molecule has 0 heterocycles. The SMILES string of the molecule is COc1ccc2cc(C(C)NC3CCC(CO)CC3)ccc2c1. The maximum Gasteiger partial charge on any atom is 0.119 e. The third-order valence-corrected chi connectivity index (χ3v) is 5.16. The lowest BCUT2D eigenvalue weighted by molar-refractivity contribution is 0.172. The largest absolute Gasteiger partial charge is 0.497 e. The number of nitrogens with one attached hydrogen (secondary N) is 1. The van der Waals surface area contributed by atoms with Crippen LogP contribution in [0.25, 0.3) is 10.8 Å². The fourth-order valence-corrected chi connectivity index (χ4v) is 3.60. The van der Waals surface area contributed by atoms with Crippen LogP contribution in [-0.2, 0) is 0 Å². The van der Waals surface area contributed by atoms with Gasteiger partial charge in [-0.3, -0.25) is 0 Å². The van der Waals surface area contributed by atoms with E-state index in [0.29, 0.717) is 24.6 Å². The zero-order valence-electron chi connectivity index (χ0n) is 14.1. The Kier molecular flexibility index (Phi) is 5.19. The molecule has 1 unspecified atom stereocenters. The van der Waals surface area contributed by atoms with Gasteiger partial charge in [0.15, 0.2) is 0 Å². The van der Waals surface area contributed by atoms with Crippen LogP contribution in [0.3, 0.4) is 0 Å². The average molecular weight is 313 g/mol. The molecular formula is C20H27NO2. The molecule has 0 bridgehead atoms. The van der Waals surface area contributed by atoms with Crippen molar-refractivity contribution in [3.63, 3.8) is 0 Å². The van der Waals surface area contributed by atoms with Crippen LogP contribution in [0, 0.1) is 5.92 Å². The van der Waals surface area contributed by atoms with Crippen LogP contribution in [0.1, 0.15) is 44.2 Å². The smallest absolute Gasteiger partial charge is 0.119 e. The lowest BCUT2D eigenvalue weighted by atomic mass is 9.86. The minimum Gasteiger partial charge on any atom is -0.497 e. The number of aliphatic hydroxyl groups is 1. The predicted molar refractivity (Wildman–Crippen MR) is 94.9 cm³/mol. The van der Waals surface area contributed by atoms with Crippen LogP contribution in [0.2, 0.25) is 0 Å². The van der Waals surface area contributed by atoms with Gasteiger partial charge < -0.3 is 15.2 Å². The predicted octanol–water partition coefficient (Wildman–Crippen LogP) is 4.05. The van der Waals surface area contributed by atoms with E-state index in [4.69, 9.17) is 4.74 Å². The molecule has 0 radical (unpaired) electrons. The molecule has 2 aromatic carbocycles. The second-order valence-corrected chi connectivity index (χ2v) is 6.76. The normalized spacial score (nSPS) is 22.9. The summed E-state index contributed by atoms with van der Waals surface area (Å²) in [5.74, 6) is 1.41. The number of rotatable bonds is 5. The van der Waals surface area contributed by atoms with Crippen LogP contribution in [-0.4, -0.2) is 24.9 Å². The van der Waals surface area contributed by atoms with Gasteiger partial charge in [-0.05, 0) is 73.1 Å². The number of benzene rings is 2. The highest BCUT2D eigenvalue weighted by Gasteiger charge is 2.21. The van der Waals surface area contributed by atoms with Gasteiger partial charge in [-0.2, -0.15) is 0 Å². The molecule has 1 aliphatic carbocycles. The fourth-order valence-electron chi connectivity index (χ4n) is 3.60. The van der Waals surface area contributed by atoms with Crippen LogP contribution in [0.15, 0.2) is 36.4 Å². The highest BCUT2D eigenvalue weighted by molar-refractivity contribution is 5.84. The molecule has 3 nitrogen and oxygen atoms in total. The standard InChI is InChI=1S/C20H27NO2/c1-14(21-19-8-3-15(13-22)4-9-19)16-5-6-18-12-20(23-2)10-7-17(18)11-16/h5-7,10-12,14-15,19,21-22H,3-4,8-9,13H2,1-2H3. The molecule has 2 N–H and O–H groups in total. The molecule has 1 atom stereocenters. The van der Waals surface area contributed by atoms with Crippen molar-refractivity contribution in [1.29, 1.82) is 0 Å². The third kappa shape index (κ3) is 3.85. The Bertz CT molecular complexity index is 647. The van der Waals surface area contributed by atoms with Gasteiger partial charge >= 0.3 is 0 Å². The number of methoxy groups -OCH3 is 1. The number of aliphatic hydroxyl groups excluding tert-OH is 1. The first-order valence-corrected chi connectivity index (χ1v) is 8.64. The van der Waals surface area contributed by atoms with Crippen molar-refractivity contribution in [3.8, 4) is 5.75 Å². The lowest BCUT2D eigenvalue weighted by Gasteiger charge is -2.30. The van der Waals surface area contributed by atoms with Crippen molar-refractivity contribution in [3.05, 3.63) is 42.0 Å². The molecule has 0 amide bonds. The zero-order valence-corrected chi connectivity index (χ0v) is 14.1. The summed E-state index contributed by atoms with van der Waals surface area (Å²) in [4.78, 5) is 0. The van der Waals surface area contributed by atoms with E-state index in [2.05, 4.69) is 42.6 Å². The molecule has 2 aromatic rings. The minimum atomic E-state index is 0.344. The van der Waals surface area contributed by atoms with Gasteiger partial charge in [0.2, 0.25) is 0 Å². The van der Waals surface area contributed by atoms with E-state index in [1.807, 2.05) is 6.07 Å². The average Bonchev–Trinajstić information content (AvgIpc) is 2.61. The Balaban J connectivity index is 1.67. The van der Waals surface area contributed by atoms with Crippen LogP contribution in [0.4, 0.5) is 0 Å². The second kappa shape index (κ2) is 7.33. The van der Waals surface area contributed by atoms with E-state index in [-0.39, 0.29) is 0 Å². The van der Waals surface area contributed by atoms with E-state index in [0.717, 1.165) is 18.6 Å². The highest BCUT2D eigenvalue weighted by atomic mass is 16.5. The van der Waals surface area contributed by atoms with Gasteiger partial charge in [0, 0.05) is 18.7 Å². The fraction of sp³-hybridized carbons (Fsp3) is 0.500. The molecule has 124 valence electrons. The monoisotopic (exact) mass is 313 g/mol. The van der Waals surface area contributed by atoms with E-state index >= 15 is 0 Å². The molecular weight excluding hydrogens is 286 g/mol. The van der Waals surface area contributed by atoms with Gasteiger partial charge in [-0.1, -0.05) is 18.2 Å². The summed E-state index contributed by atoms with van der Waals surface area (Å²) in [6.07, 6.45) is 4.61. The summed E-state index contributed by atoms with van der Waals surface area (Å²) in [5.41, 5.74) is 1.33. The van der Waals surface area contributed by atoms with Gasteiger partial charge in [0.1, 0.15) is 5.75 Å². The van der Waals surface area contributed by atoms with Crippen LogP contribution >= 0.6 is 0 Å².